The molecule has 6 heteroatoms. The zero-order chi connectivity index (χ0) is 63.7. The Bertz CT molecular complexity index is 5940. The molecule has 448 valence electrons. The Morgan fingerprint density at radius 3 is 1.06 bits per heavy atom. The molecule has 0 fully saturated rings. The van der Waals surface area contributed by atoms with Crippen molar-refractivity contribution in [2.24, 2.45) is 0 Å². The number of rotatable bonds is 10. The normalized spacial score (nSPS) is 11.3. The molecule has 4 heterocycles. The van der Waals surface area contributed by atoms with E-state index in [9.17, 15) is 0 Å². The minimum atomic E-state index is 0.685. The number of pyridine rings is 2. The molecule has 0 spiro atoms. The van der Waals surface area contributed by atoms with Crippen molar-refractivity contribution in [1.29, 1.82) is 0 Å². The summed E-state index contributed by atoms with van der Waals surface area (Å²) in [6.45, 7) is 0. The zero-order valence-electron chi connectivity index (χ0n) is 52.2. The van der Waals surface area contributed by atoms with Crippen LogP contribution in [0.5, 0.6) is 0 Å². The van der Waals surface area contributed by atoms with E-state index in [1.807, 2.05) is 42.7 Å². The monoisotopic (exact) mass is 1220 g/mol. The fraction of sp³-hybridized carbons (Fsp3) is 0. The van der Waals surface area contributed by atoms with Gasteiger partial charge >= 0.3 is 0 Å². The van der Waals surface area contributed by atoms with Crippen LogP contribution in [-0.2, 0) is 0 Å². The van der Waals surface area contributed by atoms with Gasteiger partial charge in [0.05, 0.1) is 22.8 Å². The van der Waals surface area contributed by atoms with Crippen LogP contribution in [0.1, 0.15) is 0 Å². The predicted molar refractivity (Wildman–Crippen MR) is 399 cm³/mol. The van der Waals surface area contributed by atoms with Gasteiger partial charge < -0.3 is 0 Å². The molecule has 0 aliphatic heterocycles. The molecule has 0 amide bonds. The van der Waals surface area contributed by atoms with Crippen LogP contribution < -0.4 is 0 Å². The van der Waals surface area contributed by atoms with Gasteiger partial charge in [-0.3, -0.25) is 9.97 Å². The van der Waals surface area contributed by atoms with Crippen LogP contribution in [0.15, 0.2) is 352 Å². The largest absolute Gasteiger partial charge is 0.264 e. The van der Waals surface area contributed by atoms with Gasteiger partial charge in [0.15, 0.2) is 11.6 Å². The third-order valence-electron chi connectivity index (χ3n) is 18.3. The van der Waals surface area contributed by atoms with E-state index in [2.05, 4.69) is 307 Å². The highest BCUT2D eigenvalue weighted by Gasteiger charge is 2.18. The molecule has 18 aromatic rings. The van der Waals surface area contributed by atoms with E-state index >= 15 is 0 Å². The topological polar surface area (TPSA) is 77.3 Å². The van der Waals surface area contributed by atoms with Crippen molar-refractivity contribution in [2.45, 2.75) is 0 Å². The Morgan fingerprint density at radius 2 is 0.531 bits per heavy atom. The smallest absolute Gasteiger partial charge is 0.160 e. The summed E-state index contributed by atoms with van der Waals surface area (Å²) >= 11 is 0. The Balaban J connectivity index is 0.000000154. The van der Waals surface area contributed by atoms with E-state index in [1.54, 1.807) is 12.4 Å². The minimum Gasteiger partial charge on any atom is -0.264 e. The minimum absolute atomic E-state index is 0.685. The van der Waals surface area contributed by atoms with E-state index in [0.29, 0.717) is 11.6 Å². The summed E-state index contributed by atoms with van der Waals surface area (Å²) in [6, 6.07) is 116. The molecular formula is C90H58N6. The first-order valence-corrected chi connectivity index (χ1v) is 32.4. The molecular weight excluding hydrogens is 1170 g/mol. The van der Waals surface area contributed by atoms with Gasteiger partial charge in [-0.25, -0.2) is 19.9 Å². The van der Waals surface area contributed by atoms with Gasteiger partial charge in [0.2, 0.25) is 0 Å². The summed E-state index contributed by atoms with van der Waals surface area (Å²) in [5.74, 6) is 1.39. The standard InChI is InChI=1S/C53H33N3.C37H25N3/c1-2-18-41-36(12-1)30-49(46-23-7-3-19-42(41)46)35-14-10-16-38(29-35)52-32-51(37-15-9-13-34(28-37)40-17-11-27-54-33-40)55-53(56-52)39-25-26-48-45-22-5-4-20-43(45)44-21-6-8-24-47(44)50(48)31-39;1-2-10-27(11-3-1)37-39-35(24-36(40-37)33-16-7-14-30(23-33)34-17-8-20-38-25-34)32-15-6-13-29(22-32)31-19-18-26-9-4-5-12-28(26)21-31/h1-33H;1-25H. The van der Waals surface area contributed by atoms with E-state index in [4.69, 9.17) is 19.9 Å². The summed E-state index contributed by atoms with van der Waals surface area (Å²) in [7, 11) is 0. The molecule has 18 rings (SSSR count). The average molecular weight is 1220 g/mol. The summed E-state index contributed by atoms with van der Waals surface area (Å²) in [5, 5.41) is 14.8. The van der Waals surface area contributed by atoms with Gasteiger partial charge in [-0.1, -0.05) is 261 Å². The number of fused-ring (bicyclic) bond motifs is 10. The highest BCUT2D eigenvalue weighted by atomic mass is 14.9. The van der Waals surface area contributed by atoms with E-state index in [-0.39, 0.29) is 0 Å². The van der Waals surface area contributed by atoms with Gasteiger partial charge in [0.25, 0.3) is 0 Å². The maximum Gasteiger partial charge on any atom is 0.160 e. The molecule has 0 saturated carbocycles. The number of nitrogens with zero attached hydrogens (tertiary/aromatic N) is 6. The van der Waals surface area contributed by atoms with Crippen molar-refractivity contribution in [3.63, 3.8) is 0 Å². The van der Waals surface area contributed by atoms with Crippen molar-refractivity contribution in [1.82, 2.24) is 29.9 Å². The SMILES string of the molecule is c1ccc(-c2nc(-c3cccc(-c4cccnc4)c3)cc(-c3cccc(-c4ccc5ccccc5c4)c3)n2)cc1.c1cncc(-c2cccc(-c3cc(-c4cccc(-c5cc6ccccc6c6ccccc56)c4)nc(-c4ccc5c6ccccc6c6ccccc6c5c4)n3)c2)c1. The zero-order valence-corrected chi connectivity index (χ0v) is 52.2. The predicted octanol–water partition coefficient (Wildman–Crippen LogP) is 23.3. The Kier molecular flexibility index (Phi) is 14.8. The highest BCUT2D eigenvalue weighted by Crippen LogP contribution is 2.41. The summed E-state index contributed by atoms with van der Waals surface area (Å²) in [4.78, 5) is 29.4. The molecule has 0 radical (unpaired) electrons. The second kappa shape index (κ2) is 25.0. The van der Waals surface area contributed by atoms with E-state index in [0.717, 1.165) is 89.5 Å². The van der Waals surface area contributed by atoms with Gasteiger partial charge in [-0.15, -0.1) is 0 Å². The molecule has 0 aliphatic carbocycles. The maximum absolute atomic E-state index is 5.36. The molecule has 0 bridgehead atoms. The van der Waals surface area contributed by atoms with Crippen molar-refractivity contribution in [2.75, 3.05) is 0 Å². The molecule has 4 aromatic heterocycles. The molecule has 0 N–H and O–H groups in total. The molecule has 14 aromatic carbocycles. The molecule has 0 unspecified atom stereocenters. The van der Waals surface area contributed by atoms with Crippen molar-refractivity contribution < 1.29 is 0 Å². The van der Waals surface area contributed by atoms with Crippen molar-refractivity contribution >= 4 is 64.6 Å². The quantitative estimate of drug-likeness (QED) is 0.127. The Hall–Kier alpha value is -12.9. The van der Waals surface area contributed by atoms with Crippen molar-refractivity contribution in [3.05, 3.63) is 352 Å². The second-order valence-corrected chi connectivity index (χ2v) is 24.2. The fourth-order valence-corrected chi connectivity index (χ4v) is 13.5. The fourth-order valence-electron chi connectivity index (χ4n) is 13.5. The molecule has 0 aliphatic rings. The molecule has 0 atom stereocenters. The molecule has 0 saturated heterocycles. The lowest BCUT2D eigenvalue weighted by atomic mass is 9.92. The third-order valence-corrected chi connectivity index (χ3v) is 18.3. The lowest BCUT2D eigenvalue weighted by Gasteiger charge is -2.14. The highest BCUT2D eigenvalue weighted by molar-refractivity contribution is 6.25. The van der Waals surface area contributed by atoms with E-state index in [1.165, 1.54) is 75.8 Å². The van der Waals surface area contributed by atoms with Gasteiger partial charge in [0, 0.05) is 69.3 Å². The number of hydrogen-bond acceptors (Lipinski definition) is 6. The number of hydrogen-bond donors (Lipinski definition) is 0. The Morgan fingerprint density at radius 1 is 0.167 bits per heavy atom. The number of benzene rings is 14. The number of aromatic nitrogens is 6. The molecule has 6 nitrogen and oxygen atoms in total. The van der Waals surface area contributed by atoms with Crippen LogP contribution in [-0.4, -0.2) is 29.9 Å². The second-order valence-electron chi connectivity index (χ2n) is 24.2. The third kappa shape index (κ3) is 11.1. The summed E-state index contributed by atoms with van der Waals surface area (Å²) in [5.41, 5.74) is 18.6. The molecule has 96 heavy (non-hydrogen) atoms. The Labute approximate surface area is 555 Å². The maximum atomic E-state index is 5.36. The van der Waals surface area contributed by atoms with Gasteiger partial charge in [-0.2, -0.15) is 0 Å². The first kappa shape index (κ1) is 57.0. The first-order chi connectivity index (χ1) is 47.5. The lowest BCUT2D eigenvalue weighted by Crippen LogP contribution is -1.97. The lowest BCUT2D eigenvalue weighted by molar-refractivity contribution is 1.18. The first-order valence-electron chi connectivity index (χ1n) is 32.4. The summed E-state index contributed by atoms with van der Waals surface area (Å²) < 4.78 is 0. The van der Waals surface area contributed by atoms with Gasteiger partial charge in [-0.05, 0) is 165 Å². The summed E-state index contributed by atoms with van der Waals surface area (Å²) in [6.07, 6.45) is 7.39. The van der Waals surface area contributed by atoms with Crippen LogP contribution in [0.2, 0.25) is 0 Å². The van der Waals surface area contributed by atoms with Crippen LogP contribution in [0, 0.1) is 0 Å². The van der Waals surface area contributed by atoms with E-state index < -0.39 is 0 Å². The van der Waals surface area contributed by atoms with Crippen LogP contribution >= 0.6 is 0 Å². The van der Waals surface area contributed by atoms with Crippen molar-refractivity contribution in [3.8, 4) is 112 Å². The van der Waals surface area contributed by atoms with Crippen LogP contribution in [0.4, 0.5) is 0 Å². The van der Waals surface area contributed by atoms with Crippen LogP contribution in [0.3, 0.4) is 0 Å². The average Bonchev–Trinajstić information content (AvgIpc) is 0.767. The van der Waals surface area contributed by atoms with Crippen LogP contribution in [0.25, 0.3) is 177 Å². The van der Waals surface area contributed by atoms with Gasteiger partial charge in [0.1, 0.15) is 0 Å².